The number of nitrogens with zero attached hydrogens (tertiary/aromatic N) is 1. The van der Waals surface area contributed by atoms with E-state index in [9.17, 15) is 19.2 Å². The van der Waals surface area contributed by atoms with Crippen LogP contribution in [0, 0.1) is 6.92 Å². The van der Waals surface area contributed by atoms with E-state index in [1.54, 1.807) is 42.5 Å². The Bertz CT molecular complexity index is 1220. The molecule has 0 spiro atoms. The predicted octanol–water partition coefficient (Wildman–Crippen LogP) is 2.59. The van der Waals surface area contributed by atoms with Gasteiger partial charge in [-0.2, -0.15) is 5.10 Å². The number of furan rings is 1. The summed E-state index contributed by atoms with van der Waals surface area (Å²) < 4.78 is 5.43. The Kier molecular flexibility index (Phi) is 8.14. The third kappa shape index (κ3) is 7.31. The topological polar surface area (TPSA) is 142 Å². The molecule has 0 aliphatic heterocycles. The van der Waals surface area contributed by atoms with Crippen LogP contribution in [0.15, 0.2) is 70.2 Å². The first kappa shape index (κ1) is 24.2. The highest BCUT2D eigenvalue weighted by Crippen LogP contribution is 2.13. The molecule has 1 heterocycles. The number of rotatable bonds is 6. The Balaban J connectivity index is 1.42. The standard InChI is InChI=1S/C23H20ClN5O5/c1-14-2-6-16(7-3-14)27-21(31)20(30)25-12-18-10-11-19(34-18)13-26-29-23(33)22(32)28-17-8-4-15(24)5-9-17/h2-11,13H,12H2,1H3,(H,25,30)(H,27,31)(H,28,32)(H,29,33)/b26-13+. The largest absolute Gasteiger partial charge is 0.458 e. The van der Waals surface area contributed by atoms with Crippen molar-refractivity contribution in [3.63, 3.8) is 0 Å². The van der Waals surface area contributed by atoms with Gasteiger partial charge >= 0.3 is 23.6 Å². The minimum Gasteiger partial charge on any atom is -0.458 e. The van der Waals surface area contributed by atoms with Crippen molar-refractivity contribution in [1.82, 2.24) is 10.7 Å². The summed E-state index contributed by atoms with van der Waals surface area (Å²) in [5.74, 6) is -2.92. The van der Waals surface area contributed by atoms with Gasteiger partial charge in [-0.05, 0) is 55.5 Å². The van der Waals surface area contributed by atoms with E-state index in [2.05, 4.69) is 26.5 Å². The average Bonchev–Trinajstić information content (AvgIpc) is 3.28. The van der Waals surface area contributed by atoms with Gasteiger partial charge in [-0.3, -0.25) is 19.2 Å². The van der Waals surface area contributed by atoms with Crippen molar-refractivity contribution in [1.29, 1.82) is 0 Å². The van der Waals surface area contributed by atoms with Crippen LogP contribution in [-0.4, -0.2) is 29.8 Å². The number of carbonyl (C=O) groups is 4. The lowest BCUT2D eigenvalue weighted by Crippen LogP contribution is -2.34. The maximum atomic E-state index is 12.0. The SMILES string of the molecule is Cc1ccc(NC(=O)C(=O)NCc2ccc(/C=N/NC(=O)C(=O)Nc3ccc(Cl)cc3)o2)cc1. The number of hydrogen-bond acceptors (Lipinski definition) is 6. The number of amides is 4. The van der Waals surface area contributed by atoms with Crippen LogP contribution in [0.1, 0.15) is 17.1 Å². The Hall–Kier alpha value is -4.44. The van der Waals surface area contributed by atoms with Gasteiger partial charge in [-0.15, -0.1) is 0 Å². The van der Waals surface area contributed by atoms with Gasteiger partial charge in [0.25, 0.3) is 0 Å². The van der Waals surface area contributed by atoms with Gasteiger partial charge in [0.05, 0.1) is 12.8 Å². The summed E-state index contributed by atoms with van der Waals surface area (Å²) in [5.41, 5.74) is 4.01. The Morgan fingerprint density at radius 3 is 2.06 bits per heavy atom. The smallest absolute Gasteiger partial charge is 0.329 e. The molecule has 3 rings (SSSR count). The quantitative estimate of drug-likeness (QED) is 0.243. The second-order valence-corrected chi connectivity index (χ2v) is 7.40. The van der Waals surface area contributed by atoms with Gasteiger partial charge in [-0.1, -0.05) is 29.3 Å². The van der Waals surface area contributed by atoms with Gasteiger partial charge in [0.1, 0.15) is 11.5 Å². The first-order chi connectivity index (χ1) is 16.3. The van der Waals surface area contributed by atoms with Crippen LogP contribution in [0.4, 0.5) is 11.4 Å². The zero-order valence-electron chi connectivity index (χ0n) is 17.9. The minimum absolute atomic E-state index is 0.0378. The summed E-state index contributed by atoms with van der Waals surface area (Å²) in [6.07, 6.45) is 1.18. The van der Waals surface area contributed by atoms with E-state index in [0.29, 0.717) is 22.2 Å². The van der Waals surface area contributed by atoms with Gasteiger partial charge in [-0.25, -0.2) is 5.43 Å². The summed E-state index contributed by atoms with van der Waals surface area (Å²) >= 11 is 5.76. The van der Waals surface area contributed by atoms with E-state index in [0.717, 1.165) is 5.56 Å². The van der Waals surface area contributed by atoms with Gasteiger partial charge < -0.3 is 20.4 Å². The van der Waals surface area contributed by atoms with Crippen molar-refractivity contribution in [2.75, 3.05) is 10.6 Å². The fourth-order valence-corrected chi connectivity index (χ4v) is 2.68. The molecule has 0 saturated heterocycles. The maximum absolute atomic E-state index is 12.0. The molecule has 0 saturated carbocycles. The van der Waals surface area contributed by atoms with Crippen LogP contribution in [0.5, 0.6) is 0 Å². The normalized spacial score (nSPS) is 10.5. The molecular weight excluding hydrogens is 462 g/mol. The maximum Gasteiger partial charge on any atom is 0.329 e. The summed E-state index contributed by atoms with van der Waals surface area (Å²) in [7, 11) is 0. The van der Waals surface area contributed by atoms with Gasteiger partial charge in [0, 0.05) is 16.4 Å². The van der Waals surface area contributed by atoms with Crippen molar-refractivity contribution < 1.29 is 23.6 Å². The number of hydrogen-bond donors (Lipinski definition) is 4. The molecule has 0 unspecified atom stereocenters. The zero-order valence-corrected chi connectivity index (χ0v) is 18.7. The fourth-order valence-electron chi connectivity index (χ4n) is 2.56. The number of anilines is 2. The third-order valence-corrected chi connectivity index (χ3v) is 4.54. The van der Waals surface area contributed by atoms with Crippen molar-refractivity contribution in [3.05, 3.63) is 82.8 Å². The molecule has 0 radical (unpaired) electrons. The molecule has 0 aliphatic rings. The first-order valence-corrected chi connectivity index (χ1v) is 10.3. The number of nitrogens with one attached hydrogen (secondary N) is 4. The van der Waals surface area contributed by atoms with E-state index >= 15 is 0 Å². The van der Waals surface area contributed by atoms with Crippen LogP contribution in [0.25, 0.3) is 0 Å². The molecule has 11 heteroatoms. The highest BCUT2D eigenvalue weighted by Gasteiger charge is 2.15. The fraction of sp³-hybridized carbons (Fsp3) is 0.0870. The van der Waals surface area contributed by atoms with Crippen molar-refractivity contribution in [3.8, 4) is 0 Å². The highest BCUT2D eigenvalue weighted by molar-refractivity contribution is 6.40. The molecule has 0 atom stereocenters. The van der Waals surface area contributed by atoms with E-state index in [1.807, 2.05) is 19.1 Å². The van der Waals surface area contributed by atoms with Crippen LogP contribution in [-0.2, 0) is 25.7 Å². The lowest BCUT2D eigenvalue weighted by Gasteiger charge is -2.05. The van der Waals surface area contributed by atoms with Crippen LogP contribution in [0.3, 0.4) is 0 Å². The summed E-state index contributed by atoms with van der Waals surface area (Å²) in [4.78, 5) is 47.6. The monoisotopic (exact) mass is 481 g/mol. The lowest BCUT2D eigenvalue weighted by molar-refractivity contribution is -0.136. The Labute approximate surface area is 199 Å². The van der Waals surface area contributed by atoms with E-state index in [-0.39, 0.29) is 12.3 Å². The summed E-state index contributed by atoms with van der Waals surface area (Å²) in [6, 6.07) is 16.4. The van der Waals surface area contributed by atoms with Crippen LogP contribution < -0.4 is 21.4 Å². The van der Waals surface area contributed by atoms with Crippen molar-refractivity contribution in [2.24, 2.45) is 5.10 Å². The molecule has 10 nitrogen and oxygen atoms in total. The molecule has 34 heavy (non-hydrogen) atoms. The van der Waals surface area contributed by atoms with Crippen molar-refractivity contribution in [2.45, 2.75) is 13.5 Å². The average molecular weight is 482 g/mol. The zero-order chi connectivity index (χ0) is 24.5. The Morgan fingerprint density at radius 1 is 0.824 bits per heavy atom. The number of benzene rings is 2. The van der Waals surface area contributed by atoms with Crippen LogP contribution in [0.2, 0.25) is 5.02 Å². The minimum atomic E-state index is -0.982. The number of halogens is 1. The lowest BCUT2D eigenvalue weighted by atomic mass is 10.2. The van der Waals surface area contributed by atoms with E-state index < -0.39 is 23.6 Å². The second kappa shape index (κ2) is 11.4. The molecule has 4 N–H and O–H groups in total. The van der Waals surface area contributed by atoms with E-state index in [4.69, 9.17) is 16.0 Å². The van der Waals surface area contributed by atoms with Crippen molar-refractivity contribution >= 4 is 52.8 Å². The molecule has 2 aromatic carbocycles. The van der Waals surface area contributed by atoms with Gasteiger partial charge in [0.15, 0.2) is 0 Å². The molecular formula is C23H20ClN5O5. The molecule has 3 aromatic rings. The molecule has 0 aliphatic carbocycles. The number of aryl methyl sites for hydroxylation is 1. The number of hydrazone groups is 1. The first-order valence-electron chi connectivity index (χ1n) is 9.94. The van der Waals surface area contributed by atoms with E-state index in [1.165, 1.54) is 12.3 Å². The highest BCUT2D eigenvalue weighted by atomic mass is 35.5. The second-order valence-electron chi connectivity index (χ2n) is 6.97. The molecule has 0 fully saturated rings. The molecule has 174 valence electrons. The summed E-state index contributed by atoms with van der Waals surface area (Å²) in [5, 5.41) is 11.5. The third-order valence-electron chi connectivity index (χ3n) is 4.29. The molecule has 4 amide bonds. The van der Waals surface area contributed by atoms with Gasteiger partial charge in [0.2, 0.25) is 0 Å². The number of carbonyl (C=O) groups excluding carboxylic acids is 4. The van der Waals surface area contributed by atoms with Crippen LogP contribution >= 0.6 is 11.6 Å². The predicted molar refractivity (Wildman–Crippen MR) is 126 cm³/mol. The Morgan fingerprint density at radius 2 is 1.41 bits per heavy atom. The molecule has 0 bridgehead atoms. The summed E-state index contributed by atoms with van der Waals surface area (Å²) in [6.45, 7) is 1.87. The molecule has 1 aromatic heterocycles.